The number of rotatable bonds is 13. The third-order valence-corrected chi connectivity index (χ3v) is 5.87. The maximum Gasteiger partial charge on any atom is 0.303 e. The van der Waals surface area contributed by atoms with Gasteiger partial charge in [0, 0.05) is 42.5 Å². The lowest BCUT2D eigenvalue weighted by molar-refractivity contribution is -0.137. The van der Waals surface area contributed by atoms with Crippen LogP contribution in [-0.2, 0) is 17.9 Å². The van der Waals surface area contributed by atoms with Gasteiger partial charge in [-0.15, -0.1) is 0 Å². The minimum absolute atomic E-state index is 0.0537. The predicted molar refractivity (Wildman–Crippen MR) is 139 cm³/mol. The third kappa shape index (κ3) is 7.55. The number of nitrogens with one attached hydrogen (secondary N) is 3. The number of aromatic nitrogens is 1. The molecule has 0 amide bonds. The summed E-state index contributed by atoms with van der Waals surface area (Å²) in [6, 6.07) is 15.6. The Bertz CT molecular complexity index is 1140. The second kappa shape index (κ2) is 12.5. The summed E-state index contributed by atoms with van der Waals surface area (Å²) in [5.74, 6) is -0.504. The lowest BCUT2D eigenvalue weighted by Gasteiger charge is -2.15. The van der Waals surface area contributed by atoms with Gasteiger partial charge in [0.1, 0.15) is 11.6 Å². The first-order valence-electron chi connectivity index (χ1n) is 11.7. The van der Waals surface area contributed by atoms with Gasteiger partial charge >= 0.3 is 5.97 Å². The van der Waals surface area contributed by atoms with Crippen molar-refractivity contribution in [2.45, 2.75) is 45.7 Å². The van der Waals surface area contributed by atoms with E-state index in [2.05, 4.69) is 15.6 Å². The molecule has 0 saturated heterocycles. The molecule has 8 nitrogen and oxygen atoms in total. The fraction of sp³-hybridized carbons (Fsp3) is 0.296. The van der Waals surface area contributed by atoms with Crippen LogP contribution < -0.4 is 16.4 Å². The highest BCUT2D eigenvalue weighted by Gasteiger charge is 2.12. The van der Waals surface area contributed by atoms with E-state index in [-0.39, 0.29) is 18.0 Å². The first kappa shape index (κ1) is 25.7. The molecule has 0 saturated carbocycles. The first-order valence-corrected chi connectivity index (χ1v) is 11.7. The van der Waals surface area contributed by atoms with Gasteiger partial charge in [-0.3, -0.25) is 15.2 Å². The number of anilines is 1. The number of hydrogen-bond donors (Lipinski definition) is 6. The van der Waals surface area contributed by atoms with Crippen LogP contribution in [0.1, 0.15) is 48.1 Å². The number of hydrogen-bond acceptors (Lipinski definition) is 6. The number of aryl methyl sites for hydroxylation is 1. The minimum Gasteiger partial charge on any atom is -0.506 e. The van der Waals surface area contributed by atoms with E-state index in [1.54, 1.807) is 13.1 Å². The summed E-state index contributed by atoms with van der Waals surface area (Å²) in [7, 11) is 0. The van der Waals surface area contributed by atoms with Crippen LogP contribution in [-0.4, -0.2) is 33.5 Å². The summed E-state index contributed by atoms with van der Waals surface area (Å²) in [4.78, 5) is 14.9. The van der Waals surface area contributed by atoms with E-state index in [0.717, 1.165) is 47.3 Å². The largest absolute Gasteiger partial charge is 0.506 e. The summed E-state index contributed by atoms with van der Waals surface area (Å²) in [6.45, 7) is 3.56. The molecule has 0 aliphatic rings. The molecular weight excluding hydrogens is 442 g/mol. The summed E-state index contributed by atoms with van der Waals surface area (Å²) in [6.07, 6.45) is 4.40. The van der Waals surface area contributed by atoms with Gasteiger partial charge in [-0.2, -0.15) is 0 Å². The van der Waals surface area contributed by atoms with Gasteiger partial charge in [0.05, 0.1) is 5.69 Å². The van der Waals surface area contributed by atoms with E-state index in [0.29, 0.717) is 30.8 Å². The second-order valence-corrected chi connectivity index (χ2v) is 8.50. The maximum atomic E-state index is 10.6. The van der Waals surface area contributed by atoms with Crippen molar-refractivity contribution in [3.8, 4) is 16.9 Å². The van der Waals surface area contributed by atoms with Crippen LogP contribution in [0.3, 0.4) is 0 Å². The van der Waals surface area contributed by atoms with Crippen LogP contribution in [0.25, 0.3) is 11.1 Å². The Morgan fingerprint density at radius 2 is 1.66 bits per heavy atom. The van der Waals surface area contributed by atoms with Gasteiger partial charge in [-0.25, -0.2) is 0 Å². The van der Waals surface area contributed by atoms with E-state index in [9.17, 15) is 9.90 Å². The summed E-state index contributed by atoms with van der Waals surface area (Å²) in [5, 5.41) is 33.5. The summed E-state index contributed by atoms with van der Waals surface area (Å²) in [5.41, 5.74) is 11.6. The number of carboxylic acids is 1. The average Bonchev–Trinajstić information content (AvgIpc) is 2.85. The smallest absolute Gasteiger partial charge is 0.303 e. The molecule has 0 aliphatic heterocycles. The molecule has 0 aliphatic carbocycles. The van der Waals surface area contributed by atoms with Gasteiger partial charge in [0.2, 0.25) is 0 Å². The molecule has 0 unspecified atom stereocenters. The number of aromatic hydroxyl groups is 1. The van der Waals surface area contributed by atoms with Crippen molar-refractivity contribution in [1.29, 1.82) is 5.41 Å². The zero-order valence-electron chi connectivity index (χ0n) is 20.0. The molecular formula is C27H33N5O3. The molecule has 0 spiro atoms. The van der Waals surface area contributed by atoms with Gasteiger partial charge in [0.25, 0.3) is 0 Å². The highest BCUT2D eigenvalue weighted by molar-refractivity contribution is 5.95. The number of unbranched alkanes of at least 4 members (excludes halogenated alkanes) is 2. The Balaban J connectivity index is 1.57. The van der Waals surface area contributed by atoms with E-state index in [1.165, 1.54) is 0 Å². The van der Waals surface area contributed by atoms with E-state index < -0.39 is 5.97 Å². The second-order valence-electron chi connectivity index (χ2n) is 8.50. The minimum atomic E-state index is -0.759. The van der Waals surface area contributed by atoms with Crippen LogP contribution >= 0.6 is 0 Å². The number of carbonyl (C=O) groups is 1. The molecule has 1 heterocycles. The SMILES string of the molecule is Cc1ncc(CNc2ccc(-c3ccc(C(=N)N)cc3)cc2)c(CNCCCCCC(=O)O)c1O. The number of nitrogens with zero attached hydrogens (tertiary/aromatic N) is 1. The quantitative estimate of drug-likeness (QED) is 0.122. The lowest BCUT2D eigenvalue weighted by atomic mass is 10.0. The van der Waals surface area contributed by atoms with Crippen LogP contribution in [0.15, 0.2) is 54.7 Å². The molecule has 3 rings (SSSR count). The van der Waals surface area contributed by atoms with Crippen molar-refractivity contribution in [2.24, 2.45) is 5.73 Å². The van der Waals surface area contributed by atoms with Gasteiger partial charge in [-0.1, -0.05) is 42.8 Å². The highest BCUT2D eigenvalue weighted by Crippen LogP contribution is 2.26. The van der Waals surface area contributed by atoms with Crippen LogP contribution in [0, 0.1) is 12.3 Å². The Labute approximate surface area is 205 Å². The van der Waals surface area contributed by atoms with Crippen molar-refractivity contribution in [1.82, 2.24) is 10.3 Å². The molecule has 2 aromatic carbocycles. The molecule has 7 N–H and O–H groups in total. The average molecular weight is 476 g/mol. The molecule has 8 heteroatoms. The number of amidine groups is 1. The molecule has 3 aromatic rings. The topological polar surface area (TPSA) is 144 Å². The molecule has 0 bridgehead atoms. The number of nitrogens with two attached hydrogens (primary N) is 1. The van der Waals surface area contributed by atoms with Crippen LogP contribution in [0.5, 0.6) is 5.75 Å². The standard InChI is InChI=1S/C27H33N5O3/c1-18-26(35)24(17-30-14-4-2-3-5-25(33)34)22(15-31-18)16-32-23-12-10-20(11-13-23)19-6-8-21(9-7-19)27(28)29/h6-13,15,30,32,35H,2-5,14,16-17H2,1H3,(H3,28,29)(H,33,34). The number of pyridine rings is 1. The molecule has 0 fully saturated rings. The first-order chi connectivity index (χ1) is 16.8. The lowest BCUT2D eigenvalue weighted by Crippen LogP contribution is -2.17. The maximum absolute atomic E-state index is 10.6. The van der Waals surface area contributed by atoms with E-state index in [1.807, 2.05) is 48.5 Å². The molecule has 184 valence electrons. The Hall–Kier alpha value is -3.91. The van der Waals surface area contributed by atoms with Crippen molar-refractivity contribution < 1.29 is 15.0 Å². The van der Waals surface area contributed by atoms with Crippen molar-refractivity contribution in [3.05, 3.63) is 77.1 Å². The van der Waals surface area contributed by atoms with Gasteiger partial charge < -0.3 is 26.6 Å². The zero-order valence-corrected chi connectivity index (χ0v) is 20.0. The summed E-state index contributed by atoms with van der Waals surface area (Å²) < 4.78 is 0. The Morgan fingerprint density at radius 1 is 1.00 bits per heavy atom. The fourth-order valence-corrected chi connectivity index (χ4v) is 3.77. The number of nitrogen functional groups attached to an aromatic ring is 1. The van der Waals surface area contributed by atoms with Crippen LogP contribution in [0.4, 0.5) is 5.69 Å². The predicted octanol–water partition coefficient (Wildman–Crippen LogP) is 4.39. The Kier molecular flexibility index (Phi) is 9.20. The third-order valence-electron chi connectivity index (χ3n) is 5.87. The summed E-state index contributed by atoms with van der Waals surface area (Å²) >= 11 is 0. The monoisotopic (exact) mass is 475 g/mol. The number of benzene rings is 2. The zero-order chi connectivity index (χ0) is 25.2. The van der Waals surface area contributed by atoms with E-state index in [4.69, 9.17) is 16.2 Å². The van der Waals surface area contributed by atoms with Crippen molar-refractivity contribution in [2.75, 3.05) is 11.9 Å². The fourth-order valence-electron chi connectivity index (χ4n) is 3.77. The molecule has 1 aromatic heterocycles. The van der Waals surface area contributed by atoms with Crippen LogP contribution in [0.2, 0.25) is 0 Å². The van der Waals surface area contributed by atoms with E-state index >= 15 is 0 Å². The Morgan fingerprint density at radius 3 is 2.29 bits per heavy atom. The van der Waals surface area contributed by atoms with Crippen molar-refractivity contribution in [3.63, 3.8) is 0 Å². The normalized spacial score (nSPS) is 10.8. The molecule has 0 radical (unpaired) electrons. The molecule has 0 atom stereocenters. The van der Waals surface area contributed by atoms with Gasteiger partial charge in [-0.05, 0) is 55.1 Å². The highest BCUT2D eigenvalue weighted by atomic mass is 16.4. The number of aliphatic carboxylic acids is 1. The molecule has 35 heavy (non-hydrogen) atoms. The number of carboxylic acid groups (broad SMARTS) is 1. The van der Waals surface area contributed by atoms with Crippen molar-refractivity contribution >= 4 is 17.5 Å². The van der Waals surface area contributed by atoms with Gasteiger partial charge in [0.15, 0.2) is 0 Å².